The molecule has 16 heavy (non-hydrogen) atoms. The van der Waals surface area contributed by atoms with Crippen LogP contribution in [0.1, 0.15) is 10.4 Å². The monoisotopic (exact) mass is 231 g/mol. The van der Waals surface area contributed by atoms with Crippen molar-refractivity contribution in [3.63, 3.8) is 0 Å². The Morgan fingerprint density at radius 2 is 2.00 bits per heavy atom. The van der Waals surface area contributed by atoms with Crippen molar-refractivity contribution >= 4 is 23.8 Å². The van der Waals surface area contributed by atoms with E-state index in [1.54, 1.807) is 42.9 Å². The normalized spacial score (nSPS) is 9.75. The van der Waals surface area contributed by atoms with Gasteiger partial charge in [0.15, 0.2) is 0 Å². The molecule has 0 aliphatic carbocycles. The van der Waals surface area contributed by atoms with Gasteiger partial charge in [0.05, 0.1) is 5.69 Å². The molecular formula is C11H9N3OS. The van der Waals surface area contributed by atoms with Crippen LogP contribution in [0.25, 0.3) is 0 Å². The second kappa shape index (κ2) is 4.67. The average Bonchev–Trinajstić information content (AvgIpc) is 2.33. The fourth-order valence-corrected chi connectivity index (χ4v) is 1.32. The van der Waals surface area contributed by atoms with Crippen molar-refractivity contribution in [1.82, 2.24) is 9.97 Å². The number of rotatable bonds is 2. The van der Waals surface area contributed by atoms with Crippen LogP contribution in [0.4, 0.5) is 5.69 Å². The first-order valence-corrected chi connectivity index (χ1v) is 5.06. The van der Waals surface area contributed by atoms with Crippen LogP contribution in [-0.2, 0) is 0 Å². The highest BCUT2D eigenvalue weighted by atomic mass is 32.1. The number of anilines is 1. The van der Waals surface area contributed by atoms with E-state index < -0.39 is 0 Å². The molecule has 80 valence electrons. The van der Waals surface area contributed by atoms with Crippen LogP contribution in [0.15, 0.2) is 42.9 Å². The summed E-state index contributed by atoms with van der Waals surface area (Å²) in [5.74, 6) is -0.173. The summed E-state index contributed by atoms with van der Waals surface area (Å²) >= 11 is 4.90. The summed E-state index contributed by atoms with van der Waals surface area (Å²) in [7, 11) is 0. The van der Waals surface area contributed by atoms with Gasteiger partial charge in [0.25, 0.3) is 5.91 Å². The first kappa shape index (κ1) is 10.5. The number of carbonyl (C=O) groups is 1. The quantitative estimate of drug-likeness (QED) is 0.780. The van der Waals surface area contributed by atoms with E-state index in [1.165, 1.54) is 0 Å². The topological polar surface area (TPSA) is 57.8 Å². The van der Waals surface area contributed by atoms with Gasteiger partial charge in [-0.2, -0.15) is 0 Å². The van der Waals surface area contributed by atoms with Gasteiger partial charge in [0.2, 0.25) is 0 Å². The maximum absolute atomic E-state index is 11.7. The fraction of sp³-hybridized carbons (Fsp3) is 0. The molecular weight excluding hydrogens is 222 g/mol. The molecule has 0 saturated carbocycles. The molecule has 2 aromatic heterocycles. The summed E-state index contributed by atoms with van der Waals surface area (Å²) in [4.78, 5) is 18.4. The van der Waals surface area contributed by atoms with Gasteiger partial charge in [-0.1, -0.05) is 12.2 Å². The van der Waals surface area contributed by atoms with Crippen LogP contribution in [0, 0.1) is 4.64 Å². The molecule has 0 aromatic carbocycles. The van der Waals surface area contributed by atoms with E-state index in [1.807, 2.05) is 0 Å². The number of H-pyrrole nitrogens is 1. The smallest absolute Gasteiger partial charge is 0.255 e. The van der Waals surface area contributed by atoms with E-state index in [9.17, 15) is 4.79 Å². The lowest BCUT2D eigenvalue weighted by atomic mass is 10.2. The molecule has 0 bridgehead atoms. The number of hydrogen-bond acceptors (Lipinski definition) is 3. The molecule has 2 heterocycles. The Bertz CT molecular complexity index is 530. The number of aromatic nitrogens is 2. The zero-order chi connectivity index (χ0) is 11.4. The van der Waals surface area contributed by atoms with Crippen molar-refractivity contribution < 1.29 is 4.79 Å². The van der Waals surface area contributed by atoms with Gasteiger partial charge in [-0.3, -0.25) is 9.78 Å². The maximum atomic E-state index is 11.7. The third-order valence-electron chi connectivity index (χ3n) is 1.98. The summed E-state index contributed by atoms with van der Waals surface area (Å²) < 4.78 is 0.627. The van der Waals surface area contributed by atoms with Crippen molar-refractivity contribution in [2.24, 2.45) is 0 Å². The number of carbonyl (C=O) groups excluding carboxylic acids is 1. The number of pyridine rings is 2. The first-order valence-electron chi connectivity index (χ1n) is 4.66. The van der Waals surface area contributed by atoms with Gasteiger partial charge in [0, 0.05) is 24.2 Å². The number of aromatic amines is 1. The molecule has 0 saturated heterocycles. The fourth-order valence-electron chi connectivity index (χ4n) is 1.19. The summed E-state index contributed by atoms with van der Waals surface area (Å²) in [6.45, 7) is 0. The Kier molecular flexibility index (Phi) is 3.07. The van der Waals surface area contributed by atoms with Crippen molar-refractivity contribution in [2.45, 2.75) is 0 Å². The van der Waals surface area contributed by atoms with E-state index in [4.69, 9.17) is 12.2 Å². The Morgan fingerprint density at radius 3 is 2.62 bits per heavy atom. The Morgan fingerprint density at radius 1 is 1.25 bits per heavy atom. The van der Waals surface area contributed by atoms with Gasteiger partial charge in [-0.15, -0.1) is 0 Å². The van der Waals surface area contributed by atoms with Crippen LogP contribution in [0.3, 0.4) is 0 Å². The zero-order valence-corrected chi connectivity index (χ0v) is 9.12. The van der Waals surface area contributed by atoms with E-state index in [2.05, 4.69) is 15.3 Å². The molecule has 2 rings (SSSR count). The lowest BCUT2D eigenvalue weighted by Gasteiger charge is -2.03. The van der Waals surface area contributed by atoms with Crippen LogP contribution in [0.5, 0.6) is 0 Å². The van der Waals surface area contributed by atoms with E-state index in [0.717, 1.165) is 0 Å². The van der Waals surface area contributed by atoms with E-state index in [0.29, 0.717) is 15.9 Å². The molecule has 0 aliphatic rings. The molecule has 4 nitrogen and oxygen atoms in total. The molecule has 1 amide bonds. The molecule has 0 radical (unpaired) electrons. The van der Waals surface area contributed by atoms with E-state index in [-0.39, 0.29) is 5.91 Å². The summed E-state index contributed by atoms with van der Waals surface area (Å²) in [6, 6.07) is 6.77. The lowest BCUT2D eigenvalue weighted by Crippen LogP contribution is -2.11. The average molecular weight is 231 g/mol. The number of amides is 1. The second-order valence-corrected chi connectivity index (χ2v) is 3.57. The molecule has 0 aliphatic heterocycles. The van der Waals surface area contributed by atoms with Gasteiger partial charge >= 0.3 is 0 Å². The predicted octanol–water partition coefficient (Wildman–Crippen LogP) is 2.39. The highest BCUT2D eigenvalue weighted by molar-refractivity contribution is 7.71. The van der Waals surface area contributed by atoms with Crippen molar-refractivity contribution in [3.8, 4) is 0 Å². The zero-order valence-electron chi connectivity index (χ0n) is 8.31. The summed E-state index contributed by atoms with van der Waals surface area (Å²) in [5, 5.41) is 2.74. The second-order valence-electron chi connectivity index (χ2n) is 3.13. The molecule has 0 unspecified atom stereocenters. The molecule has 0 spiro atoms. The van der Waals surface area contributed by atoms with Gasteiger partial charge < -0.3 is 10.3 Å². The largest absolute Gasteiger partial charge is 0.351 e. The minimum atomic E-state index is -0.173. The van der Waals surface area contributed by atoms with Gasteiger partial charge in [0.1, 0.15) is 4.64 Å². The molecule has 0 atom stereocenters. The SMILES string of the molecule is O=C(Nc1ccc(=S)[nH]c1)c1ccncc1. The van der Waals surface area contributed by atoms with Crippen molar-refractivity contribution in [1.29, 1.82) is 0 Å². The third kappa shape index (κ3) is 2.52. The van der Waals surface area contributed by atoms with Crippen LogP contribution in [0.2, 0.25) is 0 Å². The van der Waals surface area contributed by atoms with Crippen molar-refractivity contribution in [2.75, 3.05) is 5.32 Å². The third-order valence-corrected chi connectivity index (χ3v) is 2.24. The highest BCUT2D eigenvalue weighted by Gasteiger charge is 2.04. The Hall–Kier alpha value is -2.01. The predicted molar refractivity (Wildman–Crippen MR) is 63.8 cm³/mol. The number of nitrogens with one attached hydrogen (secondary N) is 2. The molecule has 2 N–H and O–H groups in total. The minimum absolute atomic E-state index is 0.173. The van der Waals surface area contributed by atoms with Gasteiger partial charge in [-0.25, -0.2) is 0 Å². The molecule has 5 heteroatoms. The van der Waals surface area contributed by atoms with Crippen molar-refractivity contribution in [3.05, 3.63) is 53.1 Å². The first-order chi connectivity index (χ1) is 7.75. The standard InChI is InChI=1S/C11H9N3OS/c15-11(8-3-5-12-6-4-8)14-9-1-2-10(16)13-7-9/h1-7H,(H,13,16)(H,14,15). The van der Waals surface area contributed by atoms with E-state index >= 15 is 0 Å². The van der Waals surface area contributed by atoms with Gasteiger partial charge in [-0.05, 0) is 24.3 Å². The molecule has 0 fully saturated rings. The minimum Gasteiger partial charge on any atom is -0.351 e. The van der Waals surface area contributed by atoms with Crippen LogP contribution in [-0.4, -0.2) is 15.9 Å². The molecule has 2 aromatic rings. The Balaban J connectivity index is 2.14. The highest BCUT2D eigenvalue weighted by Crippen LogP contribution is 2.06. The number of nitrogens with zero attached hydrogens (tertiary/aromatic N) is 1. The number of hydrogen-bond donors (Lipinski definition) is 2. The summed E-state index contributed by atoms with van der Waals surface area (Å²) in [6.07, 6.45) is 4.81. The maximum Gasteiger partial charge on any atom is 0.255 e. The Labute approximate surface area is 97.4 Å². The lowest BCUT2D eigenvalue weighted by molar-refractivity contribution is 0.102. The van der Waals surface area contributed by atoms with Crippen LogP contribution >= 0.6 is 12.2 Å². The van der Waals surface area contributed by atoms with Crippen LogP contribution < -0.4 is 5.32 Å². The summed E-state index contributed by atoms with van der Waals surface area (Å²) in [5.41, 5.74) is 1.24.